The quantitative estimate of drug-likeness (QED) is 0.693. The monoisotopic (exact) mass is 196 g/mol. The second-order valence-corrected chi connectivity index (χ2v) is 4.45. The smallest absolute Gasteiger partial charge is 0.199 e. The minimum atomic E-state index is -0.528. The molecule has 1 rings (SSSR count). The van der Waals surface area contributed by atoms with Crippen LogP contribution in [0.3, 0.4) is 0 Å². The van der Waals surface area contributed by atoms with Crippen LogP contribution in [-0.4, -0.2) is 26.8 Å². The maximum atomic E-state index is 11.8. The maximum absolute atomic E-state index is 11.8. The highest BCUT2D eigenvalue weighted by molar-refractivity contribution is 5.98. The molecule has 1 aromatic heterocycles. The Kier molecular flexibility index (Phi) is 2.71. The number of carbonyl (C=O) groups is 1. The second-order valence-electron chi connectivity index (χ2n) is 4.45. The van der Waals surface area contributed by atoms with Crippen molar-refractivity contribution in [1.82, 2.24) is 15.0 Å². The topological polar surface area (TPSA) is 73.8 Å². The Morgan fingerprint density at radius 1 is 1.57 bits per heavy atom. The Morgan fingerprint density at radius 2 is 2.14 bits per heavy atom. The van der Waals surface area contributed by atoms with Gasteiger partial charge in [-0.3, -0.25) is 4.79 Å². The van der Waals surface area contributed by atoms with E-state index in [0.29, 0.717) is 5.69 Å². The molecule has 2 N–H and O–H groups in total. The van der Waals surface area contributed by atoms with Crippen molar-refractivity contribution in [3.8, 4) is 0 Å². The molecular formula is C9H16N4O. The van der Waals surface area contributed by atoms with E-state index in [9.17, 15) is 4.79 Å². The van der Waals surface area contributed by atoms with E-state index in [-0.39, 0.29) is 11.2 Å². The molecule has 1 atom stereocenters. The molecule has 0 aromatic carbocycles. The van der Waals surface area contributed by atoms with E-state index in [1.807, 2.05) is 20.8 Å². The summed E-state index contributed by atoms with van der Waals surface area (Å²) in [6.45, 7) is 5.79. The van der Waals surface area contributed by atoms with Crippen molar-refractivity contribution in [2.75, 3.05) is 0 Å². The SMILES string of the molecule is Cn1nncc1C(=O)C(N)C(C)(C)C. The van der Waals surface area contributed by atoms with Gasteiger partial charge < -0.3 is 5.73 Å². The number of hydrogen-bond acceptors (Lipinski definition) is 4. The molecule has 1 unspecified atom stereocenters. The molecule has 5 nitrogen and oxygen atoms in total. The lowest BCUT2D eigenvalue weighted by Gasteiger charge is -2.25. The van der Waals surface area contributed by atoms with Crippen molar-refractivity contribution in [1.29, 1.82) is 0 Å². The highest BCUT2D eigenvalue weighted by atomic mass is 16.1. The van der Waals surface area contributed by atoms with Gasteiger partial charge in [-0.1, -0.05) is 26.0 Å². The Bertz CT molecular complexity index is 337. The molecule has 0 spiro atoms. The third-order valence-corrected chi connectivity index (χ3v) is 2.18. The van der Waals surface area contributed by atoms with Gasteiger partial charge in [0, 0.05) is 7.05 Å². The van der Waals surface area contributed by atoms with Gasteiger partial charge in [0.2, 0.25) is 0 Å². The number of hydrogen-bond donors (Lipinski definition) is 1. The fraction of sp³-hybridized carbons (Fsp3) is 0.667. The predicted molar refractivity (Wildman–Crippen MR) is 52.8 cm³/mol. The Balaban J connectivity index is 2.92. The van der Waals surface area contributed by atoms with Crippen molar-refractivity contribution in [3.63, 3.8) is 0 Å². The van der Waals surface area contributed by atoms with Crippen LogP contribution in [0.25, 0.3) is 0 Å². The van der Waals surface area contributed by atoms with Gasteiger partial charge in [0.05, 0.1) is 12.2 Å². The summed E-state index contributed by atoms with van der Waals surface area (Å²) in [6.07, 6.45) is 1.44. The third-order valence-electron chi connectivity index (χ3n) is 2.18. The zero-order valence-corrected chi connectivity index (χ0v) is 8.98. The average molecular weight is 196 g/mol. The van der Waals surface area contributed by atoms with Crippen LogP contribution >= 0.6 is 0 Å². The van der Waals surface area contributed by atoms with Crippen LogP contribution in [0.5, 0.6) is 0 Å². The third kappa shape index (κ3) is 1.98. The zero-order valence-electron chi connectivity index (χ0n) is 8.98. The van der Waals surface area contributed by atoms with E-state index in [4.69, 9.17) is 5.73 Å². The van der Waals surface area contributed by atoms with E-state index in [2.05, 4.69) is 10.3 Å². The van der Waals surface area contributed by atoms with Gasteiger partial charge >= 0.3 is 0 Å². The Labute approximate surface area is 83.3 Å². The molecule has 0 amide bonds. The van der Waals surface area contributed by atoms with Gasteiger partial charge in [-0.25, -0.2) is 4.68 Å². The molecule has 0 radical (unpaired) electrons. The molecule has 0 saturated heterocycles. The number of carbonyl (C=O) groups excluding carboxylic acids is 1. The number of nitrogens with zero attached hydrogens (tertiary/aromatic N) is 3. The molecule has 0 saturated carbocycles. The first kappa shape index (κ1) is 10.8. The molecule has 0 aliphatic rings. The molecule has 0 aliphatic heterocycles. The highest BCUT2D eigenvalue weighted by Gasteiger charge is 2.29. The lowest BCUT2D eigenvalue weighted by molar-refractivity contribution is 0.0891. The second kappa shape index (κ2) is 3.49. The van der Waals surface area contributed by atoms with Crippen LogP contribution < -0.4 is 5.73 Å². The van der Waals surface area contributed by atoms with E-state index < -0.39 is 6.04 Å². The van der Waals surface area contributed by atoms with Crippen LogP contribution in [0.4, 0.5) is 0 Å². The molecular weight excluding hydrogens is 180 g/mol. The summed E-state index contributed by atoms with van der Waals surface area (Å²) in [5, 5.41) is 7.34. The van der Waals surface area contributed by atoms with Crippen molar-refractivity contribution in [3.05, 3.63) is 11.9 Å². The molecule has 78 valence electrons. The van der Waals surface area contributed by atoms with Crippen molar-refractivity contribution < 1.29 is 4.79 Å². The summed E-state index contributed by atoms with van der Waals surface area (Å²) in [5.74, 6) is -0.120. The van der Waals surface area contributed by atoms with Gasteiger partial charge in [0.25, 0.3) is 0 Å². The molecule has 1 heterocycles. The van der Waals surface area contributed by atoms with E-state index in [1.165, 1.54) is 10.9 Å². The van der Waals surface area contributed by atoms with Crippen LogP contribution in [0, 0.1) is 5.41 Å². The first-order chi connectivity index (χ1) is 6.34. The van der Waals surface area contributed by atoms with Crippen molar-refractivity contribution >= 4 is 5.78 Å². The largest absolute Gasteiger partial charge is 0.321 e. The lowest BCUT2D eigenvalue weighted by Crippen LogP contribution is -2.42. The predicted octanol–water partition coefficient (Wildman–Crippen LogP) is 0.371. The fourth-order valence-electron chi connectivity index (χ4n) is 1.07. The summed E-state index contributed by atoms with van der Waals surface area (Å²) in [6, 6.07) is -0.528. The van der Waals surface area contributed by atoms with Gasteiger partial charge in [0.15, 0.2) is 5.78 Å². The number of aromatic nitrogens is 3. The van der Waals surface area contributed by atoms with E-state index in [0.717, 1.165) is 0 Å². The van der Waals surface area contributed by atoms with Gasteiger partial charge in [-0.15, -0.1) is 5.10 Å². The van der Waals surface area contributed by atoms with E-state index >= 15 is 0 Å². The number of aryl methyl sites for hydroxylation is 1. The average Bonchev–Trinajstić information content (AvgIpc) is 2.47. The van der Waals surface area contributed by atoms with Crippen LogP contribution in [-0.2, 0) is 7.05 Å². The highest BCUT2D eigenvalue weighted by Crippen LogP contribution is 2.20. The van der Waals surface area contributed by atoms with Gasteiger partial charge in [-0.2, -0.15) is 0 Å². The molecule has 5 heteroatoms. The van der Waals surface area contributed by atoms with Crippen LogP contribution in [0.2, 0.25) is 0 Å². The number of ketones is 1. The lowest BCUT2D eigenvalue weighted by atomic mass is 9.84. The van der Waals surface area contributed by atoms with E-state index in [1.54, 1.807) is 7.05 Å². The summed E-state index contributed by atoms with van der Waals surface area (Å²) in [7, 11) is 1.68. The van der Waals surface area contributed by atoms with Crippen LogP contribution in [0.15, 0.2) is 6.20 Å². The molecule has 0 fully saturated rings. The number of rotatable bonds is 2. The Morgan fingerprint density at radius 3 is 2.50 bits per heavy atom. The molecule has 1 aromatic rings. The normalized spacial score (nSPS) is 14.1. The number of Topliss-reactive ketones (excluding diaryl/α,β-unsaturated/α-hetero) is 1. The first-order valence-corrected chi connectivity index (χ1v) is 4.48. The maximum Gasteiger partial charge on any atom is 0.199 e. The fourth-order valence-corrected chi connectivity index (χ4v) is 1.07. The number of nitrogens with two attached hydrogens (primary N) is 1. The molecule has 0 bridgehead atoms. The standard InChI is InChI=1S/C9H16N4O/c1-9(2,3)8(10)7(14)6-5-11-12-13(6)4/h5,8H,10H2,1-4H3. The summed E-state index contributed by atoms with van der Waals surface area (Å²) < 4.78 is 1.44. The first-order valence-electron chi connectivity index (χ1n) is 4.48. The minimum Gasteiger partial charge on any atom is -0.321 e. The molecule has 0 aliphatic carbocycles. The summed E-state index contributed by atoms with van der Waals surface area (Å²) >= 11 is 0. The zero-order chi connectivity index (χ0) is 10.9. The Hall–Kier alpha value is -1.23. The van der Waals surface area contributed by atoms with Crippen molar-refractivity contribution in [2.24, 2.45) is 18.2 Å². The van der Waals surface area contributed by atoms with Gasteiger partial charge in [-0.05, 0) is 5.41 Å². The van der Waals surface area contributed by atoms with Crippen LogP contribution in [0.1, 0.15) is 31.3 Å². The van der Waals surface area contributed by atoms with Gasteiger partial charge in [0.1, 0.15) is 5.69 Å². The molecule has 14 heavy (non-hydrogen) atoms. The minimum absolute atomic E-state index is 0.120. The van der Waals surface area contributed by atoms with Crippen molar-refractivity contribution in [2.45, 2.75) is 26.8 Å². The summed E-state index contributed by atoms with van der Waals surface area (Å²) in [4.78, 5) is 11.8. The summed E-state index contributed by atoms with van der Waals surface area (Å²) in [5.41, 5.74) is 6.04.